The van der Waals surface area contributed by atoms with Gasteiger partial charge in [0.25, 0.3) is 0 Å². The molecule has 2 aromatic rings. The van der Waals surface area contributed by atoms with Gasteiger partial charge in [0.1, 0.15) is 11.5 Å². The summed E-state index contributed by atoms with van der Waals surface area (Å²) in [5.41, 5.74) is 1.29. The number of ether oxygens (including phenoxy) is 1. The predicted molar refractivity (Wildman–Crippen MR) is 84.3 cm³/mol. The Bertz CT molecular complexity index is 508. The van der Waals surface area contributed by atoms with Crippen LogP contribution in [0.2, 0.25) is 0 Å². The molecule has 0 saturated carbocycles. The molecule has 21 heavy (non-hydrogen) atoms. The van der Waals surface area contributed by atoms with Gasteiger partial charge in [-0.15, -0.1) is 0 Å². The second-order valence-electron chi connectivity index (χ2n) is 5.32. The lowest BCUT2D eigenvalue weighted by Gasteiger charge is -2.25. The van der Waals surface area contributed by atoms with Crippen LogP contribution in [0, 0.1) is 0 Å². The summed E-state index contributed by atoms with van der Waals surface area (Å²) < 4.78 is 10.5. The molecule has 1 atom stereocenters. The number of benzene rings is 1. The average Bonchev–Trinajstić information content (AvgIpc) is 3.01. The lowest BCUT2D eigenvalue weighted by Crippen LogP contribution is -2.37. The fourth-order valence-corrected chi connectivity index (χ4v) is 2.15. The Hall–Kier alpha value is -1.78. The molecule has 0 aliphatic carbocycles. The van der Waals surface area contributed by atoms with Gasteiger partial charge in [-0.2, -0.15) is 0 Å². The second kappa shape index (κ2) is 7.86. The molecule has 1 unspecified atom stereocenters. The minimum atomic E-state index is 0.446. The van der Waals surface area contributed by atoms with E-state index in [0.717, 1.165) is 31.1 Å². The second-order valence-corrected chi connectivity index (χ2v) is 5.32. The lowest BCUT2D eigenvalue weighted by atomic mass is 10.2. The molecule has 4 nitrogen and oxygen atoms in total. The summed E-state index contributed by atoms with van der Waals surface area (Å²) in [5, 5.41) is 3.42. The molecule has 0 amide bonds. The van der Waals surface area contributed by atoms with Crippen LogP contribution in [0.5, 0.6) is 5.75 Å². The van der Waals surface area contributed by atoms with Gasteiger partial charge < -0.3 is 14.5 Å². The van der Waals surface area contributed by atoms with E-state index in [-0.39, 0.29) is 0 Å². The zero-order chi connectivity index (χ0) is 15.1. The highest BCUT2D eigenvalue weighted by molar-refractivity contribution is 5.27. The Kier molecular flexibility index (Phi) is 5.84. The number of nitrogens with zero attached hydrogens (tertiary/aromatic N) is 1. The summed E-state index contributed by atoms with van der Waals surface area (Å²) in [6, 6.07) is 12.6. The van der Waals surface area contributed by atoms with Crippen molar-refractivity contribution in [2.24, 2.45) is 0 Å². The SMILES string of the molecule is COc1ccc(CN(C)C(C)CNCc2ccco2)cc1. The van der Waals surface area contributed by atoms with Crippen molar-refractivity contribution in [3.05, 3.63) is 54.0 Å². The number of hydrogen-bond acceptors (Lipinski definition) is 4. The molecule has 0 aliphatic rings. The summed E-state index contributed by atoms with van der Waals surface area (Å²) in [7, 11) is 3.83. The largest absolute Gasteiger partial charge is 0.497 e. The van der Waals surface area contributed by atoms with Crippen LogP contribution >= 0.6 is 0 Å². The first-order valence-corrected chi connectivity index (χ1v) is 7.25. The molecule has 0 bridgehead atoms. The fraction of sp³-hybridized carbons (Fsp3) is 0.412. The van der Waals surface area contributed by atoms with Crippen molar-refractivity contribution in [1.29, 1.82) is 0 Å². The molecular formula is C17H24N2O2. The Morgan fingerprint density at radius 1 is 1.24 bits per heavy atom. The Morgan fingerprint density at radius 3 is 2.62 bits per heavy atom. The topological polar surface area (TPSA) is 37.6 Å². The van der Waals surface area contributed by atoms with E-state index in [1.165, 1.54) is 5.56 Å². The third-order valence-corrected chi connectivity index (χ3v) is 3.66. The highest BCUT2D eigenvalue weighted by Gasteiger charge is 2.09. The monoisotopic (exact) mass is 288 g/mol. The van der Waals surface area contributed by atoms with Gasteiger partial charge in [0.05, 0.1) is 19.9 Å². The summed E-state index contributed by atoms with van der Waals surface area (Å²) in [6.45, 7) is 4.84. The zero-order valence-electron chi connectivity index (χ0n) is 13.0. The highest BCUT2D eigenvalue weighted by Crippen LogP contribution is 2.13. The van der Waals surface area contributed by atoms with Gasteiger partial charge in [0.2, 0.25) is 0 Å². The van der Waals surface area contributed by atoms with Crippen LogP contribution in [0.15, 0.2) is 47.1 Å². The number of hydrogen-bond donors (Lipinski definition) is 1. The van der Waals surface area contributed by atoms with Crippen molar-refractivity contribution in [1.82, 2.24) is 10.2 Å². The van der Waals surface area contributed by atoms with Crippen molar-refractivity contribution >= 4 is 0 Å². The van der Waals surface area contributed by atoms with Gasteiger partial charge in [-0.05, 0) is 43.8 Å². The molecule has 0 spiro atoms. The van der Waals surface area contributed by atoms with E-state index in [1.54, 1.807) is 13.4 Å². The van der Waals surface area contributed by atoms with Gasteiger partial charge >= 0.3 is 0 Å². The number of furan rings is 1. The quantitative estimate of drug-likeness (QED) is 0.810. The van der Waals surface area contributed by atoms with Crippen LogP contribution in [0.1, 0.15) is 18.2 Å². The normalized spacial score (nSPS) is 12.6. The smallest absolute Gasteiger partial charge is 0.118 e. The fourth-order valence-electron chi connectivity index (χ4n) is 2.15. The third kappa shape index (κ3) is 4.92. The van der Waals surface area contributed by atoms with Gasteiger partial charge in [-0.25, -0.2) is 0 Å². The predicted octanol–water partition coefficient (Wildman–Crippen LogP) is 2.90. The maximum absolute atomic E-state index is 5.31. The van der Waals surface area contributed by atoms with Crippen LogP contribution in [0.3, 0.4) is 0 Å². The van der Waals surface area contributed by atoms with Gasteiger partial charge in [-0.1, -0.05) is 12.1 Å². The van der Waals surface area contributed by atoms with Gasteiger partial charge in [0.15, 0.2) is 0 Å². The van der Waals surface area contributed by atoms with E-state index in [0.29, 0.717) is 6.04 Å². The number of methoxy groups -OCH3 is 1. The molecule has 114 valence electrons. The molecule has 0 radical (unpaired) electrons. The van der Waals surface area contributed by atoms with Crippen molar-refractivity contribution in [2.45, 2.75) is 26.1 Å². The van der Waals surface area contributed by atoms with Crippen LogP contribution in [0.4, 0.5) is 0 Å². The Morgan fingerprint density at radius 2 is 2.00 bits per heavy atom. The first-order chi connectivity index (χ1) is 10.2. The third-order valence-electron chi connectivity index (χ3n) is 3.66. The van der Waals surface area contributed by atoms with E-state index in [2.05, 4.69) is 36.3 Å². The molecule has 1 aromatic carbocycles. The molecule has 1 N–H and O–H groups in total. The molecule has 1 aromatic heterocycles. The van der Waals surface area contributed by atoms with Crippen LogP contribution in [-0.2, 0) is 13.1 Å². The number of likely N-dealkylation sites (N-methyl/N-ethyl adjacent to an activating group) is 1. The molecular weight excluding hydrogens is 264 g/mol. The molecule has 0 saturated heterocycles. The van der Waals surface area contributed by atoms with Crippen molar-refractivity contribution in [2.75, 3.05) is 20.7 Å². The van der Waals surface area contributed by atoms with Crippen molar-refractivity contribution in [3.8, 4) is 5.75 Å². The molecule has 0 aliphatic heterocycles. The van der Waals surface area contributed by atoms with E-state index < -0.39 is 0 Å². The van der Waals surface area contributed by atoms with E-state index in [4.69, 9.17) is 9.15 Å². The Balaban J connectivity index is 1.74. The summed E-state index contributed by atoms with van der Waals surface area (Å²) >= 11 is 0. The van der Waals surface area contributed by atoms with Gasteiger partial charge in [-0.3, -0.25) is 4.90 Å². The maximum Gasteiger partial charge on any atom is 0.118 e. The summed E-state index contributed by atoms with van der Waals surface area (Å²) in [6.07, 6.45) is 1.70. The maximum atomic E-state index is 5.31. The highest BCUT2D eigenvalue weighted by atomic mass is 16.5. The van der Waals surface area contributed by atoms with Crippen molar-refractivity contribution < 1.29 is 9.15 Å². The van der Waals surface area contributed by atoms with Crippen LogP contribution in [-0.4, -0.2) is 31.6 Å². The average molecular weight is 288 g/mol. The van der Waals surface area contributed by atoms with Crippen LogP contribution in [0.25, 0.3) is 0 Å². The minimum Gasteiger partial charge on any atom is -0.497 e. The number of nitrogens with one attached hydrogen (secondary N) is 1. The summed E-state index contributed by atoms with van der Waals surface area (Å²) in [5.74, 6) is 1.87. The zero-order valence-corrected chi connectivity index (χ0v) is 13.0. The molecule has 4 heteroatoms. The first kappa shape index (κ1) is 15.6. The van der Waals surface area contributed by atoms with E-state index in [9.17, 15) is 0 Å². The molecule has 1 heterocycles. The lowest BCUT2D eigenvalue weighted by molar-refractivity contribution is 0.241. The minimum absolute atomic E-state index is 0.446. The standard InChI is InChI=1S/C17H24N2O2/c1-14(11-18-12-17-5-4-10-21-17)19(2)13-15-6-8-16(20-3)9-7-15/h4-10,14,18H,11-13H2,1-3H3. The van der Waals surface area contributed by atoms with Crippen molar-refractivity contribution in [3.63, 3.8) is 0 Å². The van der Waals surface area contributed by atoms with E-state index in [1.807, 2.05) is 24.3 Å². The molecule has 2 rings (SSSR count). The first-order valence-electron chi connectivity index (χ1n) is 7.25. The van der Waals surface area contributed by atoms with Crippen LogP contribution < -0.4 is 10.1 Å². The molecule has 0 fully saturated rings. The number of rotatable bonds is 8. The van der Waals surface area contributed by atoms with Gasteiger partial charge in [0, 0.05) is 19.1 Å². The summed E-state index contributed by atoms with van der Waals surface area (Å²) in [4.78, 5) is 2.33. The van der Waals surface area contributed by atoms with E-state index >= 15 is 0 Å². The Labute approximate surface area is 126 Å².